The highest BCUT2D eigenvalue weighted by molar-refractivity contribution is 6.05. The third-order valence-electron chi connectivity index (χ3n) is 5.89. The summed E-state index contributed by atoms with van der Waals surface area (Å²) in [7, 11) is 2.68. The molecule has 1 saturated heterocycles. The van der Waals surface area contributed by atoms with Gasteiger partial charge in [0.1, 0.15) is 19.3 Å². The van der Waals surface area contributed by atoms with Crippen molar-refractivity contribution in [2.24, 2.45) is 0 Å². The molecule has 0 unspecified atom stereocenters. The van der Waals surface area contributed by atoms with Crippen LogP contribution in [0.25, 0.3) is 0 Å². The van der Waals surface area contributed by atoms with Gasteiger partial charge in [-0.1, -0.05) is 0 Å². The number of nitrogens with one attached hydrogen (secondary N) is 1. The zero-order chi connectivity index (χ0) is 22.6. The lowest BCUT2D eigenvalue weighted by Crippen LogP contribution is -2.44. The average Bonchev–Trinajstić information content (AvgIpc) is 3.07. The van der Waals surface area contributed by atoms with E-state index in [4.69, 9.17) is 18.9 Å². The van der Waals surface area contributed by atoms with Crippen LogP contribution in [0.5, 0.6) is 23.0 Å². The first-order chi connectivity index (χ1) is 15.4. The van der Waals surface area contributed by atoms with Gasteiger partial charge in [-0.05, 0) is 34.9 Å². The van der Waals surface area contributed by atoms with Crippen LogP contribution < -0.4 is 24.3 Å². The van der Waals surface area contributed by atoms with Crippen molar-refractivity contribution >= 4 is 17.6 Å². The van der Waals surface area contributed by atoms with Crippen LogP contribution in [0.4, 0.5) is 10.5 Å². The van der Waals surface area contributed by atoms with Gasteiger partial charge in [-0.25, -0.2) is 4.79 Å². The molecule has 3 aliphatic rings. The van der Waals surface area contributed by atoms with Crippen LogP contribution in [-0.2, 0) is 11.2 Å². The monoisotopic (exact) mass is 441 g/mol. The Labute approximate surface area is 181 Å². The Balaban J connectivity index is 1.75. The number of hydrogen-bond acceptors (Lipinski definition) is 8. The number of rotatable bonds is 4. The minimum absolute atomic E-state index is 0.0297. The molecule has 166 valence electrons. The summed E-state index contributed by atoms with van der Waals surface area (Å²) in [5, 5.41) is 14.1. The van der Waals surface area contributed by atoms with E-state index in [2.05, 4.69) is 5.32 Å². The number of carbonyl (C=O) groups excluding carboxylic acids is 2. The quantitative estimate of drug-likeness (QED) is 0.433. The third kappa shape index (κ3) is 2.88. The van der Waals surface area contributed by atoms with Crippen LogP contribution in [0.3, 0.4) is 0 Å². The fraction of sp³-hybridized carbons (Fsp3) is 0.333. The van der Waals surface area contributed by atoms with Crippen molar-refractivity contribution in [3.63, 3.8) is 0 Å². The van der Waals surface area contributed by atoms with E-state index in [1.54, 1.807) is 18.2 Å². The molecule has 2 aromatic carbocycles. The Bertz CT molecular complexity index is 1160. The van der Waals surface area contributed by atoms with Crippen LogP contribution in [0.1, 0.15) is 22.7 Å². The molecule has 2 aromatic rings. The maximum Gasteiger partial charge on any atom is 0.325 e. The SMILES string of the molecule is COc1cc([C@@H]2c3cc4c(cc3C[C@H]3C(=O)NC(=O)N23)OCCO4)cc([N+](=O)[O-])c1OC. The largest absolute Gasteiger partial charge is 0.493 e. The summed E-state index contributed by atoms with van der Waals surface area (Å²) in [6, 6.07) is 4.38. The summed E-state index contributed by atoms with van der Waals surface area (Å²) in [4.78, 5) is 37.8. The molecule has 5 rings (SSSR count). The Morgan fingerprint density at radius 2 is 1.81 bits per heavy atom. The number of nitro benzene ring substituents is 1. The van der Waals surface area contributed by atoms with Gasteiger partial charge in [0.15, 0.2) is 17.2 Å². The number of carbonyl (C=O) groups is 2. The van der Waals surface area contributed by atoms with E-state index < -0.39 is 28.9 Å². The standard InChI is InChI=1S/C21H19N3O8/c1-29-17-8-11(6-13(24(27)28)19(17)30-2)18-12-9-16-15(31-3-4-32-16)7-10(12)5-14-20(25)22-21(26)23(14)18/h6-9,14,18H,3-5H2,1-2H3,(H,22,25,26)/t14-,18+/m0/s1. The number of urea groups is 1. The minimum Gasteiger partial charge on any atom is -0.493 e. The molecule has 32 heavy (non-hydrogen) atoms. The molecule has 0 radical (unpaired) electrons. The number of nitro groups is 1. The predicted molar refractivity (Wildman–Crippen MR) is 108 cm³/mol. The van der Waals surface area contributed by atoms with Crippen LogP contribution in [0.15, 0.2) is 24.3 Å². The number of imide groups is 1. The minimum atomic E-state index is -0.787. The molecule has 3 amide bonds. The molecular formula is C21H19N3O8. The highest BCUT2D eigenvalue weighted by atomic mass is 16.6. The van der Waals surface area contributed by atoms with E-state index >= 15 is 0 Å². The Kier molecular flexibility index (Phi) is 4.54. The number of fused-ring (bicyclic) bond motifs is 3. The zero-order valence-electron chi connectivity index (χ0n) is 17.2. The average molecular weight is 441 g/mol. The number of benzene rings is 2. The molecule has 0 aliphatic carbocycles. The van der Waals surface area contributed by atoms with Crippen molar-refractivity contribution in [2.45, 2.75) is 18.5 Å². The second-order valence-electron chi connectivity index (χ2n) is 7.55. The van der Waals surface area contributed by atoms with Gasteiger partial charge in [-0.2, -0.15) is 0 Å². The zero-order valence-corrected chi connectivity index (χ0v) is 17.2. The second kappa shape index (κ2) is 7.29. The second-order valence-corrected chi connectivity index (χ2v) is 7.55. The first-order valence-electron chi connectivity index (χ1n) is 9.88. The topological polar surface area (TPSA) is 129 Å². The molecular weight excluding hydrogens is 422 g/mol. The lowest BCUT2D eigenvalue weighted by molar-refractivity contribution is -0.385. The molecule has 0 saturated carbocycles. The van der Waals surface area contributed by atoms with E-state index in [-0.39, 0.29) is 23.6 Å². The lowest BCUT2D eigenvalue weighted by Gasteiger charge is -2.38. The molecule has 2 atom stereocenters. The molecule has 0 spiro atoms. The van der Waals surface area contributed by atoms with Crippen molar-refractivity contribution in [3.05, 3.63) is 51.1 Å². The lowest BCUT2D eigenvalue weighted by atomic mass is 9.84. The third-order valence-corrected chi connectivity index (χ3v) is 5.89. The van der Waals surface area contributed by atoms with Gasteiger partial charge >= 0.3 is 11.7 Å². The van der Waals surface area contributed by atoms with Gasteiger partial charge < -0.3 is 23.8 Å². The smallest absolute Gasteiger partial charge is 0.325 e. The van der Waals surface area contributed by atoms with Gasteiger partial charge in [0.25, 0.3) is 5.91 Å². The van der Waals surface area contributed by atoms with Crippen molar-refractivity contribution in [3.8, 4) is 23.0 Å². The number of hydrogen-bond donors (Lipinski definition) is 1. The van der Waals surface area contributed by atoms with E-state index in [9.17, 15) is 19.7 Å². The summed E-state index contributed by atoms with van der Waals surface area (Å²) in [6.45, 7) is 0.787. The van der Waals surface area contributed by atoms with Crippen molar-refractivity contribution < 1.29 is 33.5 Å². The Morgan fingerprint density at radius 1 is 1.09 bits per heavy atom. The first kappa shape index (κ1) is 19.9. The molecule has 3 aliphatic heterocycles. The van der Waals surface area contributed by atoms with Gasteiger partial charge in [-0.15, -0.1) is 0 Å². The number of methoxy groups -OCH3 is 2. The predicted octanol–water partition coefficient (Wildman–Crippen LogP) is 1.95. The Morgan fingerprint density at radius 3 is 2.47 bits per heavy atom. The normalized spacial score (nSPS) is 20.9. The summed E-state index contributed by atoms with van der Waals surface area (Å²) < 4.78 is 21.9. The molecule has 1 fully saturated rings. The summed E-state index contributed by atoms with van der Waals surface area (Å²) in [6.07, 6.45) is 0.287. The molecule has 11 nitrogen and oxygen atoms in total. The van der Waals surface area contributed by atoms with Crippen molar-refractivity contribution in [1.29, 1.82) is 0 Å². The van der Waals surface area contributed by atoms with Gasteiger partial charge in [-0.3, -0.25) is 20.2 Å². The van der Waals surface area contributed by atoms with E-state index in [0.29, 0.717) is 35.8 Å². The Hall–Kier alpha value is -4.02. The van der Waals surface area contributed by atoms with Gasteiger partial charge in [0.05, 0.1) is 25.2 Å². The van der Waals surface area contributed by atoms with Crippen LogP contribution in [0.2, 0.25) is 0 Å². The highest BCUT2D eigenvalue weighted by Crippen LogP contribution is 2.48. The molecule has 1 N–H and O–H groups in total. The van der Waals surface area contributed by atoms with Crippen LogP contribution in [0, 0.1) is 10.1 Å². The highest BCUT2D eigenvalue weighted by Gasteiger charge is 2.48. The first-order valence-corrected chi connectivity index (χ1v) is 9.88. The maximum absolute atomic E-state index is 12.7. The van der Waals surface area contributed by atoms with Crippen LogP contribution >= 0.6 is 0 Å². The number of nitrogens with zero attached hydrogens (tertiary/aromatic N) is 2. The van der Waals surface area contributed by atoms with E-state index in [1.807, 2.05) is 0 Å². The van der Waals surface area contributed by atoms with Crippen molar-refractivity contribution in [2.75, 3.05) is 27.4 Å². The summed E-state index contributed by atoms with van der Waals surface area (Å²) in [5.41, 5.74) is 1.58. The molecule has 0 bridgehead atoms. The van der Waals surface area contributed by atoms with Gasteiger partial charge in [0, 0.05) is 12.5 Å². The van der Waals surface area contributed by atoms with E-state index in [1.165, 1.54) is 25.2 Å². The summed E-state index contributed by atoms with van der Waals surface area (Å²) in [5.74, 6) is 0.766. The van der Waals surface area contributed by atoms with Crippen LogP contribution in [-0.4, -0.2) is 55.2 Å². The molecule has 3 heterocycles. The molecule has 11 heteroatoms. The van der Waals surface area contributed by atoms with Crippen molar-refractivity contribution in [1.82, 2.24) is 10.2 Å². The van der Waals surface area contributed by atoms with E-state index in [0.717, 1.165) is 5.56 Å². The molecule has 0 aromatic heterocycles. The maximum atomic E-state index is 12.7. The van der Waals surface area contributed by atoms with Gasteiger partial charge in [0.2, 0.25) is 5.75 Å². The fourth-order valence-electron chi connectivity index (χ4n) is 4.54. The fourth-order valence-corrected chi connectivity index (χ4v) is 4.54. The summed E-state index contributed by atoms with van der Waals surface area (Å²) >= 11 is 0. The number of ether oxygens (including phenoxy) is 4. The number of amides is 3.